The lowest BCUT2D eigenvalue weighted by atomic mass is 10.1. The Labute approximate surface area is 107 Å². The van der Waals surface area contributed by atoms with E-state index in [1.165, 1.54) is 0 Å². The number of hydrogen-bond donors (Lipinski definition) is 1. The van der Waals surface area contributed by atoms with E-state index in [-0.39, 0.29) is 0 Å². The highest BCUT2D eigenvalue weighted by Gasteiger charge is 2.17. The molecule has 2 rings (SSSR count). The second-order valence-corrected chi connectivity index (χ2v) is 4.26. The molecular formula is C13H18N4O. The van der Waals surface area contributed by atoms with Gasteiger partial charge < -0.3 is 9.84 Å². The highest BCUT2D eigenvalue weighted by molar-refractivity contribution is 5.63. The summed E-state index contributed by atoms with van der Waals surface area (Å²) in [4.78, 5) is 9.13. The van der Waals surface area contributed by atoms with E-state index < -0.39 is 0 Å². The van der Waals surface area contributed by atoms with Crippen molar-refractivity contribution in [2.24, 2.45) is 0 Å². The number of aryl methyl sites for hydroxylation is 3. The van der Waals surface area contributed by atoms with Crippen molar-refractivity contribution in [3.63, 3.8) is 0 Å². The summed E-state index contributed by atoms with van der Waals surface area (Å²) in [6, 6.07) is 0. The summed E-state index contributed by atoms with van der Waals surface area (Å²) >= 11 is 0. The predicted octanol–water partition coefficient (Wildman–Crippen LogP) is 2.66. The van der Waals surface area contributed by atoms with Crippen LogP contribution < -0.4 is 5.32 Å². The van der Waals surface area contributed by atoms with Crippen LogP contribution in [0.1, 0.15) is 29.6 Å². The van der Waals surface area contributed by atoms with Gasteiger partial charge in [0.15, 0.2) is 5.82 Å². The van der Waals surface area contributed by atoms with Crippen molar-refractivity contribution >= 4 is 5.82 Å². The fraction of sp³-hybridized carbons (Fsp3) is 0.462. The molecule has 1 N–H and O–H groups in total. The van der Waals surface area contributed by atoms with Crippen molar-refractivity contribution in [2.45, 2.75) is 34.1 Å². The topological polar surface area (TPSA) is 63.8 Å². The molecule has 0 spiro atoms. The summed E-state index contributed by atoms with van der Waals surface area (Å²) < 4.78 is 5.17. The number of nitrogens with zero attached hydrogens (tertiary/aromatic N) is 3. The van der Waals surface area contributed by atoms with Crippen LogP contribution in [0, 0.1) is 20.8 Å². The first-order chi connectivity index (χ1) is 8.58. The lowest BCUT2D eigenvalue weighted by molar-refractivity contribution is 0.393. The van der Waals surface area contributed by atoms with Crippen molar-refractivity contribution < 1.29 is 4.52 Å². The third kappa shape index (κ3) is 1.96. The molecule has 0 aliphatic carbocycles. The first-order valence-corrected chi connectivity index (χ1v) is 6.07. The van der Waals surface area contributed by atoms with Gasteiger partial charge in [0, 0.05) is 18.3 Å². The Bertz CT molecular complexity index is 555. The van der Waals surface area contributed by atoms with E-state index in [1.54, 1.807) is 0 Å². The van der Waals surface area contributed by atoms with E-state index in [4.69, 9.17) is 4.52 Å². The Morgan fingerprint density at radius 3 is 2.33 bits per heavy atom. The number of hydrogen-bond acceptors (Lipinski definition) is 5. The maximum absolute atomic E-state index is 5.17. The zero-order valence-corrected chi connectivity index (χ0v) is 11.5. The first-order valence-electron chi connectivity index (χ1n) is 6.07. The van der Waals surface area contributed by atoms with Gasteiger partial charge in [0.25, 0.3) is 0 Å². The van der Waals surface area contributed by atoms with Crippen molar-refractivity contribution in [3.8, 4) is 11.4 Å². The highest BCUT2D eigenvalue weighted by Crippen LogP contribution is 2.27. The van der Waals surface area contributed by atoms with Gasteiger partial charge in [0.05, 0.1) is 11.3 Å². The fourth-order valence-corrected chi connectivity index (χ4v) is 2.14. The largest absolute Gasteiger partial charge is 0.373 e. The van der Waals surface area contributed by atoms with Crippen LogP contribution in [-0.2, 0) is 6.42 Å². The molecule has 0 radical (unpaired) electrons. The van der Waals surface area contributed by atoms with E-state index >= 15 is 0 Å². The van der Waals surface area contributed by atoms with Crippen molar-refractivity contribution in [3.05, 3.63) is 22.7 Å². The summed E-state index contributed by atoms with van der Waals surface area (Å²) in [5.41, 5.74) is 3.84. The molecule has 5 heteroatoms. The highest BCUT2D eigenvalue weighted by atomic mass is 16.5. The molecule has 0 fully saturated rings. The van der Waals surface area contributed by atoms with Crippen molar-refractivity contribution in [1.29, 1.82) is 0 Å². The van der Waals surface area contributed by atoms with Gasteiger partial charge in [0.1, 0.15) is 11.6 Å². The van der Waals surface area contributed by atoms with E-state index in [9.17, 15) is 0 Å². The molecule has 0 atom stereocenters. The molecule has 0 aliphatic heterocycles. The molecule has 18 heavy (non-hydrogen) atoms. The van der Waals surface area contributed by atoms with Crippen molar-refractivity contribution in [1.82, 2.24) is 15.1 Å². The first kappa shape index (κ1) is 12.5. The van der Waals surface area contributed by atoms with Crippen LogP contribution in [0.15, 0.2) is 4.52 Å². The van der Waals surface area contributed by atoms with Crippen LogP contribution in [0.3, 0.4) is 0 Å². The normalized spacial score (nSPS) is 10.7. The quantitative estimate of drug-likeness (QED) is 0.902. The Hall–Kier alpha value is -1.91. The summed E-state index contributed by atoms with van der Waals surface area (Å²) in [6.45, 7) is 7.88. The molecule has 0 aromatic carbocycles. The third-order valence-electron chi connectivity index (χ3n) is 3.06. The molecule has 5 nitrogen and oxygen atoms in total. The summed E-state index contributed by atoms with van der Waals surface area (Å²) in [7, 11) is 1.87. The van der Waals surface area contributed by atoms with E-state index in [1.807, 2.05) is 27.8 Å². The second kappa shape index (κ2) is 4.76. The van der Waals surface area contributed by atoms with E-state index in [2.05, 4.69) is 27.4 Å². The average molecular weight is 246 g/mol. The monoisotopic (exact) mass is 246 g/mol. The minimum absolute atomic E-state index is 0.672. The Kier molecular flexibility index (Phi) is 3.32. The summed E-state index contributed by atoms with van der Waals surface area (Å²) in [5.74, 6) is 2.29. The summed E-state index contributed by atoms with van der Waals surface area (Å²) in [6.07, 6.45) is 0.907. The number of anilines is 1. The molecule has 2 heterocycles. The van der Waals surface area contributed by atoms with Gasteiger partial charge in [0.2, 0.25) is 0 Å². The molecular weight excluding hydrogens is 228 g/mol. The van der Waals surface area contributed by atoms with E-state index in [0.29, 0.717) is 5.82 Å². The molecule has 96 valence electrons. The predicted molar refractivity (Wildman–Crippen MR) is 70.7 cm³/mol. The molecule has 0 bridgehead atoms. The van der Waals surface area contributed by atoms with Gasteiger partial charge >= 0.3 is 0 Å². The van der Waals surface area contributed by atoms with Crippen LogP contribution in [-0.4, -0.2) is 22.2 Å². The van der Waals surface area contributed by atoms with Crippen LogP contribution in [0.4, 0.5) is 5.82 Å². The van der Waals surface area contributed by atoms with Gasteiger partial charge in [-0.15, -0.1) is 0 Å². The average Bonchev–Trinajstić information content (AvgIpc) is 2.68. The molecule has 0 unspecified atom stereocenters. The van der Waals surface area contributed by atoms with Crippen LogP contribution in [0.25, 0.3) is 11.4 Å². The van der Waals surface area contributed by atoms with Crippen LogP contribution in [0.5, 0.6) is 0 Å². The Balaban J connectivity index is 2.63. The maximum Gasteiger partial charge on any atom is 0.167 e. The number of rotatable bonds is 3. The molecule has 2 aromatic rings. The minimum atomic E-state index is 0.672. The lowest BCUT2D eigenvalue weighted by Crippen LogP contribution is -2.05. The second-order valence-electron chi connectivity index (χ2n) is 4.26. The summed E-state index contributed by atoms with van der Waals surface area (Å²) in [5, 5.41) is 7.07. The maximum atomic E-state index is 5.17. The zero-order chi connectivity index (χ0) is 13.3. The zero-order valence-electron chi connectivity index (χ0n) is 11.5. The van der Waals surface area contributed by atoms with E-state index in [0.717, 1.165) is 40.5 Å². The van der Waals surface area contributed by atoms with Gasteiger partial charge in [-0.05, 0) is 27.2 Å². The minimum Gasteiger partial charge on any atom is -0.373 e. The molecule has 0 amide bonds. The molecule has 0 saturated carbocycles. The molecule has 0 aliphatic rings. The smallest absolute Gasteiger partial charge is 0.167 e. The van der Waals surface area contributed by atoms with Gasteiger partial charge in [-0.3, -0.25) is 0 Å². The fourth-order valence-electron chi connectivity index (χ4n) is 2.14. The SMILES string of the molecule is CCc1c(C)nc(-c2c(C)noc2C)nc1NC. The van der Waals surface area contributed by atoms with Gasteiger partial charge in [-0.25, -0.2) is 9.97 Å². The number of aromatic nitrogens is 3. The van der Waals surface area contributed by atoms with Crippen LogP contribution >= 0.6 is 0 Å². The van der Waals surface area contributed by atoms with Gasteiger partial charge in [-0.2, -0.15) is 0 Å². The Morgan fingerprint density at radius 2 is 1.83 bits per heavy atom. The Morgan fingerprint density at radius 1 is 1.11 bits per heavy atom. The molecule has 2 aromatic heterocycles. The van der Waals surface area contributed by atoms with Crippen LogP contribution in [0.2, 0.25) is 0 Å². The number of nitrogens with one attached hydrogen (secondary N) is 1. The third-order valence-corrected chi connectivity index (χ3v) is 3.06. The standard InChI is InChI=1S/C13H18N4O/c1-6-10-7(2)15-13(16-12(10)14-5)11-8(3)17-18-9(11)4/h6H2,1-5H3,(H,14,15,16). The molecule has 0 saturated heterocycles. The van der Waals surface area contributed by atoms with Gasteiger partial charge in [-0.1, -0.05) is 12.1 Å². The lowest BCUT2D eigenvalue weighted by Gasteiger charge is -2.11. The van der Waals surface area contributed by atoms with Crippen molar-refractivity contribution in [2.75, 3.05) is 12.4 Å².